The van der Waals surface area contributed by atoms with E-state index in [0.29, 0.717) is 6.54 Å². The van der Waals surface area contributed by atoms with E-state index in [9.17, 15) is 4.79 Å². The summed E-state index contributed by atoms with van der Waals surface area (Å²) in [6, 6.07) is 17.6. The van der Waals surface area contributed by atoms with Gasteiger partial charge in [-0.25, -0.2) is 0 Å². The van der Waals surface area contributed by atoms with Crippen LogP contribution in [0.4, 0.5) is 0 Å². The maximum atomic E-state index is 11.8. The summed E-state index contributed by atoms with van der Waals surface area (Å²) in [4.78, 5) is 14.2. The van der Waals surface area contributed by atoms with Gasteiger partial charge >= 0.3 is 0 Å². The molecule has 0 aliphatic carbocycles. The summed E-state index contributed by atoms with van der Waals surface area (Å²) in [6.45, 7) is 3.35. The maximum Gasteiger partial charge on any atom is 0.250 e. The van der Waals surface area contributed by atoms with Crippen LogP contribution in [0.25, 0.3) is 11.3 Å². The molecule has 0 radical (unpaired) electrons. The topological polar surface area (TPSA) is 77.0 Å². The quantitative estimate of drug-likeness (QED) is 0.740. The standard InChI is InChI=1S/C22H25N5O/c23-19-4-3-12-26(15-19)16-20-10-11-21(25-24-20)18-8-6-17(7-9-18)14-27-13-2-1-5-22(27)28/h1-2,5-11,13,19H,3-4,12,14-16,23H2. The summed E-state index contributed by atoms with van der Waals surface area (Å²) in [6.07, 6.45) is 4.06. The maximum absolute atomic E-state index is 11.8. The zero-order valence-electron chi connectivity index (χ0n) is 15.9. The predicted molar refractivity (Wildman–Crippen MR) is 110 cm³/mol. The van der Waals surface area contributed by atoms with E-state index in [2.05, 4.69) is 15.1 Å². The highest BCUT2D eigenvalue weighted by molar-refractivity contribution is 5.58. The van der Waals surface area contributed by atoms with Crippen LogP contribution in [0.1, 0.15) is 24.1 Å². The normalized spacial score (nSPS) is 17.5. The number of nitrogens with two attached hydrogens (primary N) is 1. The summed E-state index contributed by atoms with van der Waals surface area (Å²) in [7, 11) is 0. The number of hydrogen-bond acceptors (Lipinski definition) is 5. The van der Waals surface area contributed by atoms with Gasteiger partial charge in [0.1, 0.15) is 0 Å². The molecule has 2 aromatic heterocycles. The first-order valence-electron chi connectivity index (χ1n) is 9.73. The van der Waals surface area contributed by atoms with Gasteiger partial charge < -0.3 is 10.3 Å². The van der Waals surface area contributed by atoms with Gasteiger partial charge in [-0.2, -0.15) is 10.2 Å². The Morgan fingerprint density at radius 3 is 2.57 bits per heavy atom. The second-order valence-electron chi connectivity index (χ2n) is 7.41. The Labute approximate surface area is 164 Å². The zero-order valence-corrected chi connectivity index (χ0v) is 15.9. The third kappa shape index (κ3) is 4.52. The molecule has 4 rings (SSSR count). The summed E-state index contributed by atoms with van der Waals surface area (Å²) in [5.74, 6) is 0. The average molecular weight is 375 g/mol. The van der Waals surface area contributed by atoms with Crippen molar-refractivity contribution in [3.05, 3.63) is 82.4 Å². The number of benzene rings is 1. The van der Waals surface area contributed by atoms with Crippen LogP contribution in [-0.4, -0.2) is 38.8 Å². The molecule has 1 atom stereocenters. The van der Waals surface area contributed by atoms with Crippen LogP contribution in [0.3, 0.4) is 0 Å². The molecule has 6 heteroatoms. The molecular formula is C22H25N5O. The molecule has 1 fully saturated rings. The highest BCUT2D eigenvalue weighted by Gasteiger charge is 2.17. The van der Waals surface area contributed by atoms with E-state index in [0.717, 1.165) is 55.0 Å². The lowest BCUT2D eigenvalue weighted by atomic mass is 10.1. The predicted octanol–water partition coefficient (Wildman–Crippen LogP) is 2.28. The van der Waals surface area contributed by atoms with Crippen molar-refractivity contribution >= 4 is 0 Å². The molecule has 1 aromatic carbocycles. The van der Waals surface area contributed by atoms with Gasteiger partial charge in [-0.3, -0.25) is 9.69 Å². The van der Waals surface area contributed by atoms with Crippen LogP contribution in [0, 0.1) is 0 Å². The summed E-state index contributed by atoms with van der Waals surface area (Å²) >= 11 is 0. The number of nitrogens with zero attached hydrogens (tertiary/aromatic N) is 4. The molecule has 0 bridgehead atoms. The molecule has 1 aliphatic heterocycles. The highest BCUT2D eigenvalue weighted by Crippen LogP contribution is 2.18. The monoisotopic (exact) mass is 375 g/mol. The summed E-state index contributed by atoms with van der Waals surface area (Å²) in [5.41, 5.74) is 9.96. The smallest absolute Gasteiger partial charge is 0.250 e. The number of aromatic nitrogens is 3. The molecular weight excluding hydrogens is 350 g/mol. The van der Waals surface area contributed by atoms with E-state index in [4.69, 9.17) is 5.73 Å². The van der Waals surface area contributed by atoms with Gasteiger partial charge in [-0.1, -0.05) is 30.3 Å². The molecule has 1 saturated heterocycles. The molecule has 1 aliphatic rings. The number of hydrogen-bond donors (Lipinski definition) is 1. The van der Waals surface area contributed by atoms with Crippen molar-refractivity contribution in [2.45, 2.75) is 32.0 Å². The van der Waals surface area contributed by atoms with Crippen molar-refractivity contribution < 1.29 is 0 Å². The average Bonchev–Trinajstić information content (AvgIpc) is 2.71. The van der Waals surface area contributed by atoms with E-state index < -0.39 is 0 Å². The molecule has 0 spiro atoms. The molecule has 6 nitrogen and oxygen atoms in total. The van der Waals surface area contributed by atoms with Crippen LogP contribution in [0.15, 0.2) is 65.6 Å². The van der Waals surface area contributed by atoms with Crippen LogP contribution in [0.5, 0.6) is 0 Å². The Hall–Kier alpha value is -2.83. The van der Waals surface area contributed by atoms with E-state index in [-0.39, 0.29) is 11.6 Å². The number of likely N-dealkylation sites (tertiary alicyclic amines) is 1. The van der Waals surface area contributed by atoms with Gasteiger partial charge in [0.15, 0.2) is 0 Å². The molecule has 1 unspecified atom stereocenters. The largest absolute Gasteiger partial charge is 0.327 e. The Morgan fingerprint density at radius 2 is 1.86 bits per heavy atom. The Kier molecular flexibility index (Phi) is 5.60. The van der Waals surface area contributed by atoms with Crippen molar-refractivity contribution in [2.24, 2.45) is 5.73 Å². The van der Waals surface area contributed by atoms with Crippen molar-refractivity contribution in [2.75, 3.05) is 13.1 Å². The molecule has 0 amide bonds. The van der Waals surface area contributed by atoms with Crippen LogP contribution in [-0.2, 0) is 13.1 Å². The molecule has 3 heterocycles. The van der Waals surface area contributed by atoms with E-state index >= 15 is 0 Å². The second kappa shape index (κ2) is 8.46. The first kappa shape index (κ1) is 18.5. The summed E-state index contributed by atoms with van der Waals surface area (Å²) < 4.78 is 1.69. The number of pyridine rings is 1. The lowest BCUT2D eigenvalue weighted by Gasteiger charge is -2.30. The van der Waals surface area contributed by atoms with Crippen molar-refractivity contribution in [1.29, 1.82) is 0 Å². The third-order valence-corrected chi connectivity index (χ3v) is 5.15. The van der Waals surface area contributed by atoms with Gasteiger partial charge in [0.05, 0.1) is 17.9 Å². The number of piperidine rings is 1. The minimum atomic E-state index is 0.00249. The first-order chi connectivity index (χ1) is 13.7. The Bertz CT molecular complexity index is 965. The minimum absolute atomic E-state index is 0.00249. The summed E-state index contributed by atoms with van der Waals surface area (Å²) in [5, 5.41) is 8.80. The molecule has 0 saturated carbocycles. The van der Waals surface area contributed by atoms with Crippen molar-refractivity contribution in [1.82, 2.24) is 19.7 Å². The van der Waals surface area contributed by atoms with E-state index in [1.165, 1.54) is 0 Å². The minimum Gasteiger partial charge on any atom is -0.327 e. The molecule has 2 N–H and O–H groups in total. The van der Waals surface area contributed by atoms with Crippen LogP contribution < -0.4 is 11.3 Å². The fourth-order valence-corrected chi connectivity index (χ4v) is 3.63. The van der Waals surface area contributed by atoms with Gasteiger partial charge in [0, 0.05) is 37.0 Å². The zero-order chi connectivity index (χ0) is 19.3. The third-order valence-electron chi connectivity index (χ3n) is 5.15. The van der Waals surface area contributed by atoms with Crippen LogP contribution >= 0.6 is 0 Å². The van der Waals surface area contributed by atoms with E-state index in [1.807, 2.05) is 42.5 Å². The highest BCUT2D eigenvalue weighted by atomic mass is 16.1. The van der Waals surface area contributed by atoms with Crippen molar-refractivity contribution in [3.63, 3.8) is 0 Å². The lowest BCUT2D eigenvalue weighted by Crippen LogP contribution is -2.42. The van der Waals surface area contributed by atoms with Gasteiger partial charge in [0.25, 0.3) is 5.56 Å². The molecule has 3 aromatic rings. The SMILES string of the molecule is NC1CCCN(Cc2ccc(-c3ccc(Cn4ccccc4=O)cc3)nn2)C1. The van der Waals surface area contributed by atoms with Crippen LogP contribution in [0.2, 0.25) is 0 Å². The van der Waals surface area contributed by atoms with E-state index in [1.54, 1.807) is 22.9 Å². The van der Waals surface area contributed by atoms with Gasteiger partial charge in [-0.15, -0.1) is 0 Å². The van der Waals surface area contributed by atoms with Gasteiger partial charge in [0.2, 0.25) is 0 Å². The molecule has 28 heavy (non-hydrogen) atoms. The lowest BCUT2D eigenvalue weighted by molar-refractivity contribution is 0.199. The van der Waals surface area contributed by atoms with Gasteiger partial charge in [-0.05, 0) is 43.1 Å². The first-order valence-corrected chi connectivity index (χ1v) is 9.73. The van der Waals surface area contributed by atoms with Crippen molar-refractivity contribution in [3.8, 4) is 11.3 Å². The molecule has 144 valence electrons. The Balaban J connectivity index is 1.41. The second-order valence-corrected chi connectivity index (χ2v) is 7.41. The number of rotatable bonds is 5. The fraction of sp³-hybridized carbons (Fsp3) is 0.318. The fourth-order valence-electron chi connectivity index (χ4n) is 3.63. The Morgan fingerprint density at radius 1 is 1.00 bits per heavy atom.